The van der Waals surface area contributed by atoms with Crippen LogP contribution in [0, 0.1) is 0 Å². The van der Waals surface area contributed by atoms with E-state index in [0.717, 1.165) is 6.61 Å². The Morgan fingerprint density at radius 2 is 1.92 bits per heavy atom. The summed E-state index contributed by atoms with van der Waals surface area (Å²) in [6, 6.07) is 10.5. The summed E-state index contributed by atoms with van der Waals surface area (Å²) in [5.74, 6) is 0. The van der Waals surface area contributed by atoms with Crippen molar-refractivity contribution in [3.63, 3.8) is 0 Å². The molecule has 12 heavy (non-hydrogen) atoms. The summed E-state index contributed by atoms with van der Waals surface area (Å²) in [6.45, 7) is 2.87. The summed E-state index contributed by atoms with van der Waals surface area (Å²) in [6.07, 6.45) is 2.37. The molecular weight excluding hydrogens is 148 g/mol. The fourth-order valence-corrected chi connectivity index (χ4v) is 1.65. The highest BCUT2D eigenvalue weighted by atomic mass is 16.5. The Labute approximate surface area is 73.4 Å². The monoisotopic (exact) mass is 162 g/mol. The van der Waals surface area contributed by atoms with Gasteiger partial charge in [0.2, 0.25) is 0 Å². The molecule has 0 atom stereocenters. The summed E-state index contributed by atoms with van der Waals surface area (Å²) >= 11 is 0. The highest BCUT2D eigenvalue weighted by Crippen LogP contribution is 2.48. The average Bonchev–Trinajstić information content (AvgIpc) is 2.88. The Hall–Kier alpha value is -0.820. The van der Waals surface area contributed by atoms with Crippen LogP contribution < -0.4 is 0 Å². The molecule has 0 saturated heterocycles. The minimum atomic E-state index is 0.0933. The fourth-order valence-electron chi connectivity index (χ4n) is 1.65. The van der Waals surface area contributed by atoms with Crippen LogP contribution >= 0.6 is 0 Å². The van der Waals surface area contributed by atoms with Gasteiger partial charge in [-0.1, -0.05) is 30.3 Å². The Morgan fingerprint density at radius 3 is 2.42 bits per heavy atom. The van der Waals surface area contributed by atoms with Crippen molar-refractivity contribution >= 4 is 0 Å². The Bertz CT molecular complexity index is 249. The number of rotatable bonds is 3. The Balaban J connectivity index is 2.19. The van der Waals surface area contributed by atoms with Crippen LogP contribution in [-0.4, -0.2) is 6.61 Å². The van der Waals surface area contributed by atoms with E-state index >= 15 is 0 Å². The maximum absolute atomic E-state index is 5.73. The van der Waals surface area contributed by atoms with Crippen molar-refractivity contribution in [2.75, 3.05) is 6.61 Å². The van der Waals surface area contributed by atoms with Crippen molar-refractivity contribution < 1.29 is 4.74 Å². The number of hydrogen-bond acceptors (Lipinski definition) is 1. The third-order valence-electron chi connectivity index (χ3n) is 2.42. The van der Waals surface area contributed by atoms with Crippen molar-refractivity contribution in [2.45, 2.75) is 25.4 Å². The maximum Gasteiger partial charge on any atom is 0.0933 e. The van der Waals surface area contributed by atoms with Crippen LogP contribution in [0.15, 0.2) is 30.3 Å². The molecule has 0 N–H and O–H groups in total. The normalized spacial score (nSPS) is 19.1. The number of ether oxygens (including phenoxy) is 1. The summed E-state index contributed by atoms with van der Waals surface area (Å²) in [4.78, 5) is 0. The molecule has 0 amide bonds. The SMILES string of the molecule is CCOC1(c2ccccc2)CC1. The molecule has 0 aromatic heterocycles. The maximum atomic E-state index is 5.73. The van der Waals surface area contributed by atoms with Gasteiger partial charge in [0.05, 0.1) is 5.60 Å². The first-order chi connectivity index (χ1) is 5.87. The van der Waals surface area contributed by atoms with Gasteiger partial charge in [0, 0.05) is 6.61 Å². The molecule has 1 aliphatic carbocycles. The summed E-state index contributed by atoms with van der Waals surface area (Å²) in [5, 5.41) is 0. The standard InChI is InChI=1S/C11H14O/c1-2-12-11(8-9-11)10-6-4-3-5-7-10/h3-7H,2,8-9H2,1H3. The highest BCUT2D eigenvalue weighted by Gasteiger charge is 2.45. The predicted molar refractivity (Wildman–Crippen MR) is 49.0 cm³/mol. The lowest BCUT2D eigenvalue weighted by atomic mass is 10.1. The molecule has 1 saturated carbocycles. The quantitative estimate of drug-likeness (QED) is 0.664. The van der Waals surface area contributed by atoms with Gasteiger partial charge in [-0.15, -0.1) is 0 Å². The van der Waals surface area contributed by atoms with E-state index in [4.69, 9.17) is 4.74 Å². The molecule has 1 nitrogen and oxygen atoms in total. The lowest BCUT2D eigenvalue weighted by Crippen LogP contribution is -2.10. The van der Waals surface area contributed by atoms with Crippen LogP contribution in [0.25, 0.3) is 0 Å². The molecule has 1 aliphatic rings. The second-order valence-electron chi connectivity index (χ2n) is 3.29. The fraction of sp³-hybridized carbons (Fsp3) is 0.455. The van der Waals surface area contributed by atoms with Crippen LogP contribution in [0.1, 0.15) is 25.3 Å². The molecular formula is C11H14O. The van der Waals surface area contributed by atoms with E-state index in [2.05, 4.69) is 31.2 Å². The van der Waals surface area contributed by atoms with E-state index in [1.54, 1.807) is 0 Å². The minimum Gasteiger partial charge on any atom is -0.371 e. The molecule has 2 rings (SSSR count). The smallest absolute Gasteiger partial charge is 0.0933 e. The predicted octanol–water partition coefficient (Wildman–Crippen LogP) is 2.71. The largest absolute Gasteiger partial charge is 0.371 e. The van der Waals surface area contributed by atoms with Crippen LogP contribution in [0.3, 0.4) is 0 Å². The van der Waals surface area contributed by atoms with Gasteiger partial charge in [0.25, 0.3) is 0 Å². The molecule has 1 aromatic carbocycles. The van der Waals surface area contributed by atoms with Crippen molar-refractivity contribution in [3.05, 3.63) is 35.9 Å². The zero-order valence-corrected chi connectivity index (χ0v) is 7.42. The number of hydrogen-bond donors (Lipinski definition) is 0. The first kappa shape index (κ1) is 7.81. The van der Waals surface area contributed by atoms with E-state index in [1.807, 2.05) is 6.07 Å². The van der Waals surface area contributed by atoms with E-state index in [-0.39, 0.29) is 5.60 Å². The van der Waals surface area contributed by atoms with Gasteiger partial charge in [-0.3, -0.25) is 0 Å². The van der Waals surface area contributed by atoms with Crippen LogP contribution in [-0.2, 0) is 10.3 Å². The van der Waals surface area contributed by atoms with Crippen molar-refractivity contribution in [1.29, 1.82) is 0 Å². The van der Waals surface area contributed by atoms with Gasteiger partial charge in [-0.2, -0.15) is 0 Å². The Morgan fingerprint density at radius 1 is 1.25 bits per heavy atom. The highest BCUT2D eigenvalue weighted by molar-refractivity contribution is 5.27. The zero-order valence-electron chi connectivity index (χ0n) is 7.42. The lowest BCUT2D eigenvalue weighted by Gasteiger charge is -2.15. The van der Waals surface area contributed by atoms with Gasteiger partial charge in [-0.05, 0) is 25.3 Å². The van der Waals surface area contributed by atoms with E-state index in [9.17, 15) is 0 Å². The van der Waals surface area contributed by atoms with Gasteiger partial charge in [0.1, 0.15) is 0 Å². The van der Waals surface area contributed by atoms with E-state index in [0.29, 0.717) is 0 Å². The van der Waals surface area contributed by atoms with E-state index in [1.165, 1.54) is 18.4 Å². The number of benzene rings is 1. The minimum absolute atomic E-state index is 0.0933. The van der Waals surface area contributed by atoms with Crippen molar-refractivity contribution in [1.82, 2.24) is 0 Å². The summed E-state index contributed by atoms with van der Waals surface area (Å²) < 4.78 is 5.73. The molecule has 0 spiro atoms. The summed E-state index contributed by atoms with van der Waals surface area (Å²) in [7, 11) is 0. The molecule has 0 aliphatic heterocycles. The molecule has 1 aromatic rings. The third-order valence-corrected chi connectivity index (χ3v) is 2.42. The van der Waals surface area contributed by atoms with Gasteiger partial charge in [0.15, 0.2) is 0 Å². The molecule has 0 bridgehead atoms. The van der Waals surface area contributed by atoms with Crippen molar-refractivity contribution in [2.24, 2.45) is 0 Å². The second-order valence-corrected chi connectivity index (χ2v) is 3.29. The lowest BCUT2D eigenvalue weighted by molar-refractivity contribution is 0.0396. The van der Waals surface area contributed by atoms with Crippen LogP contribution in [0.2, 0.25) is 0 Å². The molecule has 0 heterocycles. The molecule has 1 fully saturated rings. The van der Waals surface area contributed by atoms with Crippen LogP contribution in [0.5, 0.6) is 0 Å². The zero-order chi connectivity index (χ0) is 8.44. The summed E-state index contributed by atoms with van der Waals surface area (Å²) in [5.41, 5.74) is 1.43. The van der Waals surface area contributed by atoms with Gasteiger partial charge < -0.3 is 4.74 Å². The molecule has 1 heteroatoms. The second kappa shape index (κ2) is 2.91. The third kappa shape index (κ3) is 1.25. The average molecular weight is 162 g/mol. The first-order valence-electron chi connectivity index (χ1n) is 4.57. The van der Waals surface area contributed by atoms with Crippen molar-refractivity contribution in [3.8, 4) is 0 Å². The van der Waals surface area contributed by atoms with Gasteiger partial charge >= 0.3 is 0 Å². The molecule has 0 unspecified atom stereocenters. The molecule has 0 radical (unpaired) electrons. The van der Waals surface area contributed by atoms with E-state index < -0.39 is 0 Å². The molecule has 64 valence electrons. The Kier molecular flexibility index (Phi) is 1.89. The first-order valence-corrected chi connectivity index (χ1v) is 4.57. The van der Waals surface area contributed by atoms with Gasteiger partial charge in [-0.25, -0.2) is 0 Å². The van der Waals surface area contributed by atoms with Crippen LogP contribution in [0.4, 0.5) is 0 Å². The topological polar surface area (TPSA) is 9.23 Å².